The average Bonchev–Trinajstić information content (AvgIpc) is 2.39. The molecule has 5 heteroatoms. The first-order chi connectivity index (χ1) is 9.08. The van der Waals surface area contributed by atoms with Crippen molar-refractivity contribution in [2.24, 2.45) is 0 Å². The van der Waals surface area contributed by atoms with Crippen molar-refractivity contribution >= 4 is 40.0 Å². The first-order valence-electron chi connectivity index (χ1n) is 5.61. The predicted octanol–water partition coefficient (Wildman–Crippen LogP) is 3.14. The fourth-order valence-electron chi connectivity index (χ4n) is 1.61. The minimum absolute atomic E-state index is 0.0901. The van der Waals surface area contributed by atoms with E-state index < -0.39 is 0 Å². The van der Waals surface area contributed by atoms with Gasteiger partial charge in [-0.05, 0) is 59.8 Å². The van der Waals surface area contributed by atoms with Crippen LogP contribution in [0.1, 0.15) is 27.8 Å². The zero-order valence-electron chi connectivity index (χ0n) is 10.2. The summed E-state index contributed by atoms with van der Waals surface area (Å²) in [7, 11) is 0. The molecule has 0 unspecified atom stereocenters. The third-order valence-electron chi connectivity index (χ3n) is 2.51. The number of carbonyl (C=O) groups excluding carboxylic acids is 2. The second-order valence-electron chi connectivity index (χ2n) is 3.92. The highest BCUT2D eigenvalue weighted by Gasteiger charge is 2.12. The zero-order valence-corrected chi connectivity index (χ0v) is 12.3. The second-order valence-corrected chi connectivity index (χ2v) is 5.16. The van der Waals surface area contributed by atoms with Crippen molar-refractivity contribution in [3.05, 3.63) is 57.4 Å². The predicted molar refractivity (Wildman–Crippen MR) is 81.4 cm³/mol. The number of aromatic nitrogens is 1. The Hall–Kier alpha value is -1.76. The van der Waals surface area contributed by atoms with E-state index in [1.165, 1.54) is 6.92 Å². The molecule has 1 aromatic carbocycles. The van der Waals surface area contributed by atoms with E-state index in [0.29, 0.717) is 16.9 Å². The molecule has 0 saturated carbocycles. The lowest BCUT2D eigenvalue weighted by atomic mass is 10.1. The van der Waals surface area contributed by atoms with Crippen molar-refractivity contribution in [1.82, 2.24) is 4.98 Å². The SMILES string of the molecule is CC(=O)c1ccc(I)cc1NC(=O)c1ccccn1. The number of halogens is 1. The molecule has 19 heavy (non-hydrogen) atoms. The molecular formula is C14H11IN2O2. The molecule has 1 N–H and O–H groups in total. The number of hydrogen-bond acceptors (Lipinski definition) is 3. The average molecular weight is 366 g/mol. The topological polar surface area (TPSA) is 59.1 Å². The summed E-state index contributed by atoms with van der Waals surface area (Å²) >= 11 is 2.13. The fourth-order valence-corrected chi connectivity index (χ4v) is 2.10. The Kier molecular flexibility index (Phi) is 4.26. The van der Waals surface area contributed by atoms with E-state index in [9.17, 15) is 9.59 Å². The van der Waals surface area contributed by atoms with Gasteiger partial charge in [-0.2, -0.15) is 0 Å². The molecule has 0 fully saturated rings. The van der Waals surface area contributed by atoms with Crippen LogP contribution in [0.15, 0.2) is 42.6 Å². The summed E-state index contributed by atoms with van der Waals surface area (Å²) in [4.78, 5) is 27.5. The molecule has 4 nitrogen and oxygen atoms in total. The van der Waals surface area contributed by atoms with Crippen LogP contribution in [0.25, 0.3) is 0 Å². The molecule has 96 valence electrons. The lowest BCUT2D eigenvalue weighted by Gasteiger charge is -2.09. The molecule has 1 heterocycles. The molecule has 0 atom stereocenters. The van der Waals surface area contributed by atoms with E-state index in [1.54, 1.807) is 36.5 Å². The van der Waals surface area contributed by atoms with Crippen molar-refractivity contribution in [3.8, 4) is 0 Å². The Balaban J connectivity index is 2.31. The first kappa shape index (κ1) is 13.7. The lowest BCUT2D eigenvalue weighted by Crippen LogP contribution is -2.15. The quantitative estimate of drug-likeness (QED) is 0.671. The Labute approximate surface area is 124 Å². The number of hydrogen-bond donors (Lipinski definition) is 1. The summed E-state index contributed by atoms with van der Waals surface area (Å²) in [5, 5.41) is 2.72. The Bertz CT molecular complexity index is 627. The van der Waals surface area contributed by atoms with Crippen LogP contribution in [0.3, 0.4) is 0 Å². The van der Waals surface area contributed by atoms with Crippen LogP contribution < -0.4 is 5.32 Å². The maximum absolute atomic E-state index is 12.0. The second kappa shape index (κ2) is 5.92. The van der Waals surface area contributed by atoms with Crippen molar-refractivity contribution in [3.63, 3.8) is 0 Å². The standard InChI is InChI=1S/C14H11IN2O2/c1-9(18)11-6-5-10(15)8-13(11)17-14(19)12-4-2-3-7-16-12/h2-8H,1H3,(H,17,19). The van der Waals surface area contributed by atoms with Gasteiger partial charge in [-0.15, -0.1) is 0 Å². The fraction of sp³-hybridized carbons (Fsp3) is 0.0714. The molecular weight excluding hydrogens is 355 g/mol. The van der Waals surface area contributed by atoms with Crippen LogP contribution >= 0.6 is 22.6 Å². The van der Waals surface area contributed by atoms with Crippen molar-refractivity contribution in [2.75, 3.05) is 5.32 Å². The molecule has 0 aliphatic heterocycles. The van der Waals surface area contributed by atoms with Crippen LogP contribution in [0.2, 0.25) is 0 Å². The molecule has 2 aromatic rings. The Morgan fingerprint density at radius 2 is 2.00 bits per heavy atom. The largest absolute Gasteiger partial charge is 0.320 e. The van der Waals surface area contributed by atoms with Crippen LogP contribution in [0.4, 0.5) is 5.69 Å². The van der Waals surface area contributed by atoms with E-state index >= 15 is 0 Å². The number of amides is 1. The number of carbonyl (C=O) groups is 2. The number of pyridine rings is 1. The highest BCUT2D eigenvalue weighted by molar-refractivity contribution is 14.1. The maximum atomic E-state index is 12.0. The van der Waals surface area contributed by atoms with Gasteiger partial charge >= 0.3 is 0 Å². The number of ketones is 1. The highest BCUT2D eigenvalue weighted by atomic mass is 127. The molecule has 0 bridgehead atoms. The van der Waals surface area contributed by atoms with Gasteiger partial charge in [-0.3, -0.25) is 14.6 Å². The Morgan fingerprint density at radius 3 is 2.63 bits per heavy atom. The Morgan fingerprint density at radius 1 is 1.21 bits per heavy atom. The summed E-state index contributed by atoms with van der Waals surface area (Å²) in [6.07, 6.45) is 1.55. The normalized spacial score (nSPS) is 10.0. The van der Waals surface area contributed by atoms with Gasteiger partial charge in [0.15, 0.2) is 5.78 Å². The number of rotatable bonds is 3. The molecule has 2 rings (SSSR count). The molecule has 0 saturated heterocycles. The third-order valence-corrected chi connectivity index (χ3v) is 3.18. The summed E-state index contributed by atoms with van der Waals surface area (Å²) in [5.41, 5.74) is 1.32. The highest BCUT2D eigenvalue weighted by Crippen LogP contribution is 2.20. The van der Waals surface area contributed by atoms with Crippen molar-refractivity contribution in [2.45, 2.75) is 6.92 Å². The molecule has 0 aliphatic carbocycles. The lowest BCUT2D eigenvalue weighted by molar-refractivity contribution is 0.101. The number of nitrogens with zero attached hydrogens (tertiary/aromatic N) is 1. The van der Waals surface area contributed by atoms with Crippen molar-refractivity contribution in [1.29, 1.82) is 0 Å². The van der Waals surface area contributed by atoms with Crippen LogP contribution in [-0.2, 0) is 0 Å². The van der Waals surface area contributed by atoms with Gasteiger partial charge < -0.3 is 5.32 Å². The van der Waals surface area contributed by atoms with Gasteiger partial charge in [-0.1, -0.05) is 6.07 Å². The van der Waals surface area contributed by atoms with E-state index in [1.807, 2.05) is 6.07 Å². The number of benzene rings is 1. The monoisotopic (exact) mass is 366 g/mol. The zero-order chi connectivity index (χ0) is 13.8. The van der Waals surface area contributed by atoms with Gasteiger partial charge in [0.05, 0.1) is 5.69 Å². The number of nitrogens with one attached hydrogen (secondary N) is 1. The van der Waals surface area contributed by atoms with Gasteiger partial charge in [0.1, 0.15) is 5.69 Å². The van der Waals surface area contributed by atoms with E-state index in [2.05, 4.69) is 32.9 Å². The molecule has 0 aliphatic rings. The summed E-state index contributed by atoms with van der Waals surface area (Å²) < 4.78 is 0.943. The van der Waals surface area contributed by atoms with E-state index in [0.717, 1.165) is 3.57 Å². The molecule has 0 radical (unpaired) electrons. The van der Waals surface area contributed by atoms with Crippen LogP contribution in [0, 0.1) is 3.57 Å². The third kappa shape index (κ3) is 3.37. The smallest absolute Gasteiger partial charge is 0.274 e. The molecule has 1 amide bonds. The van der Waals surface area contributed by atoms with Crippen LogP contribution in [-0.4, -0.2) is 16.7 Å². The molecule has 1 aromatic heterocycles. The van der Waals surface area contributed by atoms with Gasteiger partial charge in [0.25, 0.3) is 5.91 Å². The van der Waals surface area contributed by atoms with Gasteiger partial charge in [0, 0.05) is 15.3 Å². The van der Waals surface area contributed by atoms with Gasteiger partial charge in [0.2, 0.25) is 0 Å². The number of anilines is 1. The minimum Gasteiger partial charge on any atom is -0.320 e. The van der Waals surface area contributed by atoms with E-state index in [4.69, 9.17) is 0 Å². The van der Waals surface area contributed by atoms with E-state index in [-0.39, 0.29) is 11.7 Å². The minimum atomic E-state index is -0.329. The summed E-state index contributed by atoms with van der Waals surface area (Å²) in [6, 6.07) is 10.4. The van der Waals surface area contributed by atoms with Gasteiger partial charge in [-0.25, -0.2) is 0 Å². The first-order valence-corrected chi connectivity index (χ1v) is 6.68. The molecule has 0 spiro atoms. The summed E-state index contributed by atoms with van der Waals surface area (Å²) in [5.74, 6) is -0.419. The van der Waals surface area contributed by atoms with Crippen molar-refractivity contribution < 1.29 is 9.59 Å². The van der Waals surface area contributed by atoms with Crippen LogP contribution in [0.5, 0.6) is 0 Å². The maximum Gasteiger partial charge on any atom is 0.274 e. The number of Topliss-reactive ketones (excluding diaryl/α,β-unsaturated/α-hetero) is 1. The summed E-state index contributed by atoms with van der Waals surface area (Å²) in [6.45, 7) is 1.47.